The molecule has 0 N–H and O–H groups in total. The molecule has 1 fully saturated rings. The molecule has 0 aliphatic carbocycles. The van der Waals surface area contributed by atoms with Crippen LogP contribution in [0.25, 0.3) is 4.13 Å². The van der Waals surface area contributed by atoms with E-state index in [1.807, 2.05) is 0 Å². The maximum Gasteiger partial charge on any atom is 0.480 e. The number of nitrogens with zero attached hydrogens (tertiary/aromatic N) is 2. The summed E-state index contributed by atoms with van der Waals surface area (Å²) in [4.78, 5) is 0. The van der Waals surface area contributed by atoms with Gasteiger partial charge in [-0.3, -0.25) is 0 Å². The second-order valence-corrected chi connectivity index (χ2v) is 10.3. The smallest absolute Gasteiger partial charge is 0.421 e. The van der Waals surface area contributed by atoms with Crippen LogP contribution in [0, 0.1) is 0 Å². The average molecular weight is 479 g/mol. The number of hydrogen-bond acceptors (Lipinski definition) is 4. The Bertz CT molecular complexity index is 643. The third-order valence-electron chi connectivity index (χ3n) is 4.70. The molecule has 6 nitrogen and oxygen atoms in total. The molecular formula is C15H28F6N2O4S2. The molecule has 1 heterocycles. The fourth-order valence-corrected chi connectivity index (χ4v) is 4.68. The van der Waals surface area contributed by atoms with Gasteiger partial charge in [0.2, 0.25) is 0 Å². The zero-order valence-corrected chi connectivity index (χ0v) is 18.0. The van der Waals surface area contributed by atoms with Crippen LogP contribution in [0.2, 0.25) is 0 Å². The topological polar surface area (TPSA) is 82.4 Å². The lowest BCUT2D eigenvalue weighted by Gasteiger charge is -2.41. The monoisotopic (exact) mass is 478 g/mol. The second-order valence-electron chi connectivity index (χ2n) is 6.87. The highest BCUT2D eigenvalue weighted by Gasteiger charge is 2.46. The molecule has 0 bridgehead atoms. The summed E-state index contributed by atoms with van der Waals surface area (Å²) < 4.78 is 111. The van der Waals surface area contributed by atoms with E-state index in [0.29, 0.717) is 0 Å². The second kappa shape index (κ2) is 11.1. The summed E-state index contributed by atoms with van der Waals surface area (Å²) in [6.45, 7) is 10.4. The van der Waals surface area contributed by atoms with Crippen molar-refractivity contribution in [2.45, 2.75) is 69.8 Å². The minimum absolute atomic E-state index is 0.778. The van der Waals surface area contributed by atoms with E-state index in [0.717, 1.165) is 4.13 Å². The van der Waals surface area contributed by atoms with Crippen LogP contribution < -0.4 is 0 Å². The van der Waals surface area contributed by atoms with Gasteiger partial charge < -0.3 is 8.61 Å². The van der Waals surface area contributed by atoms with Gasteiger partial charge in [-0.25, -0.2) is 16.8 Å². The highest BCUT2D eigenvalue weighted by molar-refractivity contribution is 8.13. The standard InChI is InChI=1S/C13H28N.C2F6NO4S2/c1-3-5-6-8-11-14(4-2)12-9-7-10-13-14;3-1(4,5)14(10,11)9-15(12,13)2(6,7)8/h3-13H2,1-2H3;/q+1;-1. The van der Waals surface area contributed by atoms with E-state index in [1.54, 1.807) is 0 Å². The Hall–Kier alpha value is -0.600. The first-order valence-corrected chi connectivity index (χ1v) is 12.1. The zero-order valence-electron chi connectivity index (χ0n) is 16.4. The van der Waals surface area contributed by atoms with Crippen molar-refractivity contribution in [1.82, 2.24) is 0 Å². The van der Waals surface area contributed by atoms with Gasteiger partial charge in [-0.15, -0.1) is 0 Å². The van der Waals surface area contributed by atoms with Gasteiger partial charge in [0.05, 0.1) is 26.2 Å². The quantitative estimate of drug-likeness (QED) is 0.289. The Morgan fingerprint density at radius 1 is 0.759 bits per heavy atom. The summed E-state index contributed by atoms with van der Waals surface area (Å²) in [6, 6.07) is 0. The number of piperidine rings is 1. The molecule has 29 heavy (non-hydrogen) atoms. The van der Waals surface area contributed by atoms with Crippen LogP contribution in [0.3, 0.4) is 0 Å². The largest absolute Gasteiger partial charge is 0.480 e. The van der Waals surface area contributed by atoms with Crippen molar-refractivity contribution in [1.29, 1.82) is 0 Å². The molecule has 1 saturated heterocycles. The highest BCUT2D eigenvalue weighted by Crippen LogP contribution is 2.36. The van der Waals surface area contributed by atoms with Crippen molar-refractivity contribution in [2.24, 2.45) is 0 Å². The highest BCUT2D eigenvalue weighted by atomic mass is 32.3. The minimum atomic E-state index is -6.72. The third kappa shape index (κ3) is 9.39. The van der Waals surface area contributed by atoms with Gasteiger partial charge in [-0.1, -0.05) is 19.8 Å². The molecule has 1 aliphatic rings. The third-order valence-corrected chi connectivity index (χ3v) is 7.44. The number of alkyl halides is 6. The molecule has 0 aromatic carbocycles. The van der Waals surface area contributed by atoms with Gasteiger partial charge in [0.1, 0.15) is 0 Å². The van der Waals surface area contributed by atoms with E-state index in [9.17, 15) is 43.2 Å². The van der Waals surface area contributed by atoms with Gasteiger partial charge in [-0.2, -0.15) is 26.3 Å². The Balaban J connectivity index is 0.000000541. The van der Waals surface area contributed by atoms with E-state index in [1.165, 1.54) is 75.6 Å². The van der Waals surface area contributed by atoms with Gasteiger partial charge in [0, 0.05) is 0 Å². The van der Waals surface area contributed by atoms with Crippen molar-refractivity contribution < 1.29 is 47.7 Å². The van der Waals surface area contributed by atoms with Crippen LogP contribution in [-0.2, 0) is 20.0 Å². The predicted molar refractivity (Wildman–Crippen MR) is 96.7 cm³/mol. The molecule has 0 aromatic rings. The lowest BCUT2D eigenvalue weighted by atomic mass is 10.1. The summed E-state index contributed by atoms with van der Waals surface area (Å²) in [7, 11) is -13.4. The number of likely N-dealkylation sites (tertiary alicyclic amines) is 1. The van der Waals surface area contributed by atoms with Crippen LogP contribution in [0.15, 0.2) is 0 Å². The zero-order chi connectivity index (χ0) is 23.0. The van der Waals surface area contributed by atoms with Crippen LogP contribution in [0.5, 0.6) is 0 Å². The molecule has 1 aliphatic heterocycles. The van der Waals surface area contributed by atoms with E-state index in [4.69, 9.17) is 0 Å². The summed E-state index contributed by atoms with van der Waals surface area (Å²) in [5.41, 5.74) is -12.4. The Labute approximate surface area is 168 Å². The van der Waals surface area contributed by atoms with Crippen molar-refractivity contribution in [3.8, 4) is 0 Å². The number of sulfonamides is 2. The maximum absolute atomic E-state index is 11.4. The summed E-state index contributed by atoms with van der Waals surface area (Å²) >= 11 is 0. The maximum atomic E-state index is 11.4. The number of quaternary nitrogens is 1. The molecule has 0 saturated carbocycles. The summed E-state index contributed by atoms with van der Waals surface area (Å²) in [5, 5.41) is 0. The van der Waals surface area contributed by atoms with Crippen molar-refractivity contribution in [3.05, 3.63) is 4.13 Å². The number of halogens is 6. The van der Waals surface area contributed by atoms with E-state index >= 15 is 0 Å². The molecule has 0 spiro atoms. The summed E-state index contributed by atoms with van der Waals surface area (Å²) in [5.74, 6) is 0. The van der Waals surface area contributed by atoms with E-state index in [-0.39, 0.29) is 0 Å². The molecule has 0 amide bonds. The molecule has 176 valence electrons. The first kappa shape index (κ1) is 28.4. The Kier molecular flexibility index (Phi) is 10.9. The van der Waals surface area contributed by atoms with Crippen LogP contribution in [0.1, 0.15) is 58.8 Å². The lowest BCUT2D eigenvalue weighted by molar-refractivity contribution is -0.931. The molecular weight excluding hydrogens is 450 g/mol. The minimum Gasteiger partial charge on any atom is -0.421 e. The van der Waals surface area contributed by atoms with Gasteiger partial charge >= 0.3 is 11.0 Å². The molecule has 1 rings (SSSR count). The van der Waals surface area contributed by atoms with Gasteiger partial charge in [0.15, 0.2) is 20.0 Å². The van der Waals surface area contributed by atoms with Gasteiger partial charge in [-0.05, 0) is 39.0 Å². The van der Waals surface area contributed by atoms with Crippen LogP contribution in [0.4, 0.5) is 26.3 Å². The fraction of sp³-hybridized carbons (Fsp3) is 1.00. The number of rotatable bonds is 8. The van der Waals surface area contributed by atoms with Crippen molar-refractivity contribution in [2.75, 3.05) is 26.2 Å². The normalized spacial score (nSPS) is 18.1. The van der Waals surface area contributed by atoms with Crippen LogP contribution in [-0.4, -0.2) is 58.5 Å². The SMILES string of the molecule is CCCCCC[N+]1(CC)CCCCC1.O=S(=O)([N-]S(=O)(=O)C(F)(F)F)C(F)(F)F. The van der Waals surface area contributed by atoms with Crippen LogP contribution >= 0.6 is 0 Å². The molecule has 0 atom stereocenters. The van der Waals surface area contributed by atoms with Crippen molar-refractivity contribution in [3.63, 3.8) is 0 Å². The first-order chi connectivity index (χ1) is 13.0. The van der Waals surface area contributed by atoms with Crippen molar-refractivity contribution >= 4 is 20.0 Å². The molecule has 0 radical (unpaired) electrons. The summed E-state index contributed by atoms with van der Waals surface area (Å²) in [6.07, 6.45) is 10.1. The van der Waals surface area contributed by atoms with E-state index < -0.39 is 31.1 Å². The van der Waals surface area contributed by atoms with E-state index in [2.05, 4.69) is 13.8 Å². The Morgan fingerprint density at radius 2 is 1.21 bits per heavy atom. The Morgan fingerprint density at radius 3 is 1.55 bits per heavy atom. The fourth-order valence-electron chi connectivity index (χ4n) is 2.97. The van der Waals surface area contributed by atoms with Gasteiger partial charge in [0.25, 0.3) is 0 Å². The number of unbranched alkanes of at least 4 members (excludes halogenated alkanes) is 3. The number of hydrogen-bond donors (Lipinski definition) is 0. The lowest BCUT2D eigenvalue weighted by Crippen LogP contribution is -2.51. The predicted octanol–water partition coefficient (Wildman–Crippen LogP) is 4.65. The molecule has 14 heteroatoms. The molecule has 0 unspecified atom stereocenters. The average Bonchev–Trinajstić information content (AvgIpc) is 2.57. The first-order valence-electron chi connectivity index (χ1n) is 9.25. The molecule has 0 aromatic heterocycles.